The Bertz CT molecular complexity index is 1400. The minimum Gasteiger partial charge on any atom is -0.315 e. The number of amides is 1. The summed E-state index contributed by atoms with van der Waals surface area (Å²) in [7, 11) is 1.92. The van der Waals surface area contributed by atoms with Crippen LogP contribution < -0.4 is 10.2 Å². The van der Waals surface area contributed by atoms with Crippen molar-refractivity contribution in [3.05, 3.63) is 107 Å². The summed E-state index contributed by atoms with van der Waals surface area (Å²) in [5.74, 6) is -0.140. The van der Waals surface area contributed by atoms with Gasteiger partial charge >= 0.3 is 0 Å². The number of nitrogens with one attached hydrogen (secondary N) is 1. The van der Waals surface area contributed by atoms with E-state index in [4.69, 9.17) is 5.26 Å². The van der Waals surface area contributed by atoms with Crippen LogP contribution in [-0.2, 0) is 24.7 Å². The first kappa shape index (κ1) is 24.5. The van der Waals surface area contributed by atoms with Crippen molar-refractivity contribution in [2.45, 2.75) is 25.2 Å². The van der Waals surface area contributed by atoms with E-state index in [1.807, 2.05) is 83.6 Å². The third kappa shape index (κ3) is 5.63. The summed E-state index contributed by atoms with van der Waals surface area (Å²) in [4.78, 5) is 16.0. The molecule has 0 bridgehead atoms. The maximum atomic E-state index is 14.0. The minimum atomic E-state index is -0.272. The van der Waals surface area contributed by atoms with Crippen LogP contribution in [0.4, 0.5) is 5.69 Å². The van der Waals surface area contributed by atoms with Gasteiger partial charge in [0.05, 0.1) is 23.7 Å². The van der Waals surface area contributed by atoms with Crippen LogP contribution in [0, 0.1) is 11.3 Å². The highest BCUT2D eigenvalue weighted by Crippen LogP contribution is 2.33. The molecule has 0 aliphatic carbocycles. The molecule has 2 heterocycles. The van der Waals surface area contributed by atoms with E-state index in [0.717, 1.165) is 54.7 Å². The number of benzene rings is 3. The number of rotatable bonds is 8. The standard InChI is InChI=1S/C31H31N5O/c1-35-22-28(20-34-35)26-13-14-30-27(18-26)8-5-17-36(30)31(37)29(25-6-3-2-4-7-25)21-33-16-15-23-9-11-24(19-32)12-10-23/h2-4,6-7,9-14,18,20,22,29,33H,5,8,15-17,21H2,1H3. The fourth-order valence-electron chi connectivity index (χ4n) is 5.02. The van der Waals surface area contributed by atoms with Crippen molar-refractivity contribution in [3.8, 4) is 17.2 Å². The van der Waals surface area contributed by atoms with Crippen LogP contribution in [-0.4, -0.2) is 35.3 Å². The number of nitrogens with zero attached hydrogens (tertiary/aromatic N) is 4. The monoisotopic (exact) mass is 489 g/mol. The molecule has 0 spiro atoms. The summed E-state index contributed by atoms with van der Waals surface area (Å²) in [6.07, 6.45) is 6.64. The maximum absolute atomic E-state index is 14.0. The van der Waals surface area contributed by atoms with E-state index in [0.29, 0.717) is 12.1 Å². The molecule has 0 radical (unpaired) electrons. The highest BCUT2D eigenvalue weighted by molar-refractivity contribution is 5.99. The molecular weight excluding hydrogens is 458 g/mol. The van der Waals surface area contributed by atoms with Gasteiger partial charge in [0.1, 0.15) is 0 Å². The normalized spacial score (nSPS) is 13.6. The zero-order valence-corrected chi connectivity index (χ0v) is 21.1. The van der Waals surface area contributed by atoms with E-state index in [-0.39, 0.29) is 11.8 Å². The minimum absolute atomic E-state index is 0.132. The summed E-state index contributed by atoms with van der Waals surface area (Å²) >= 11 is 0. The van der Waals surface area contributed by atoms with Crippen molar-refractivity contribution in [1.82, 2.24) is 15.1 Å². The van der Waals surface area contributed by atoms with Gasteiger partial charge in [0.25, 0.3) is 0 Å². The Balaban J connectivity index is 1.32. The molecule has 1 aliphatic rings. The molecule has 3 aromatic carbocycles. The average Bonchev–Trinajstić information content (AvgIpc) is 3.39. The third-order valence-corrected chi connectivity index (χ3v) is 7.02. The van der Waals surface area contributed by atoms with Crippen LogP contribution in [0.3, 0.4) is 0 Å². The van der Waals surface area contributed by atoms with E-state index in [1.165, 1.54) is 11.1 Å². The SMILES string of the molecule is Cn1cc(-c2ccc3c(c2)CCCN3C(=O)C(CNCCc2ccc(C#N)cc2)c2ccccc2)cn1. The fourth-order valence-corrected chi connectivity index (χ4v) is 5.02. The summed E-state index contributed by atoms with van der Waals surface area (Å²) < 4.78 is 1.81. The van der Waals surface area contributed by atoms with Crippen LogP contribution in [0.2, 0.25) is 0 Å². The second kappa shape index (κ2) is 11.2. The zero-order valence-electron chi connectivity index (χ0n) is 21.1. The number of carbonyl (C=O) groups is 1. The van der Waals surface area contributed by atoms with Crippen molar-refractivity contribution < 1.29 is 4.79 Å². The second-order valence-corrected chi connectivity index (χ2v) is 9.57. The lowest BCUT2D eigenvalue weighted by Crippen LogP contribution is -2.42. The van der Waals surface area contributed by atoms with Gasteiger partial charge < -0.3 is 10.2 Å². The molecule has 1 atom stereocenters. The van der Waals surface area contributed by atoms with Crippen molar-refractivity contribution in [1.29, 1.82) is 5.26 Å². The second-order valence-electron chi connectivity index (χ2n) is 9.57. The van der Waals surface area contributed by atoms with Crippen LogP contribution in [0.5, 0.6) is 0 Å². The molecular formula is C31H31N5O. The lowest BCUT2D eigenvalue weighted by molar-refractivity contribution is -0.120. The Kier molecular flexibility index (Phi) is 7.43. The van der Waals surface area contributed by atoms with Crippen molar-refractivity contribution in [2.75, 3.05) is 24.5 Å². The highest BCUT2D eigenvalue weighted by atomic mass is 16.2. The smallest absolute Gasteiger partial charge is 0.235 e. The Morgan fingerprint density at radius 3 is 2.62 bits per heavy atom. The van der Waals surface area contributed by atoms with Crippen LogP contribution >= 0.6 is 0 Å². The number of aromatic nitrogens is 2. The van der Waals surface area contributed by atoms with Gasteiger partial charge in [-0.1, -0.05) is 48.5 Å². The molecule has 37 heavy (non-hydrogen) atoms. The van der Waals surface area contributed by atoms with Gasteiger partial charge in [-0.05, 0) is 72.3 Å². The van der Waals surface area contributed by atoms with Gasteiger partial charge in [0.2, 0.25) is 5.91 Å². The zero-order chi connectivity index (χ0) is 25.6. The van der Waals surface area contributed by atoms with E-state index < -0.39 is 0 Å². The lowest BCUT2D eigenvalue weighted by Gasteiger charge is -2.33. The first-order valence-corrected chi connectivity index (χ1v) is 12.8. The molecule has 1 aliphatic heterocycles. The van der Waals surface area contributed by atoms with Gasteiger partial charge in [-0.2, -0.15) is 10.4 Å². The van der Waals surface area contributed by atoms with Crippen LogP contribution in [0.25, 0.3) is 11.1 Å². The number of carbonyl (C=O) groups excluding carboxylic acids is 1. The number of hydrogen-bond acceptors (Lipinski definition) is 4. The Labute approximate surface area is 218 Å². The highest BCUT2D eigenvalue weighted by Gasteiger charge is 2.30. The molecule has 6 nitrogen and oxygen atoms in total. The quantitative estimate of drug-likeness (QED) is 0.359. The first-order chi connectivity index (χ1) is 18.1. The fraction of sp³-hybridized carbons (Fsp3) is 0.258. The van der Waals surface area contributed by atoms with E-state index in [9.17, 15) is 4.79 Å². The van der Waals surface area contributed by atoms with Crippen molar-refractivity contribution in [2.24, 2.45) is 7.05 Å². The number of aryl methyl sites for hydroxylation is 2. The molecule has 1 aromatic heterocycles. The molecule has 4 aromatic rings. The Morgan fingerprint density at radius 1 is 1.08 bits per heavy atom. The molecule has 0 fully saturated rings. The predicted octanol–water partition coefficient (Wildman–Crippen LogP) is 4.85. The Hall–Kier alpha value is -4.21. The number of nitriles is 1. The molecule has 1 unspecified atom stereocenters. The van der Waals surface area contributed by atoms with E-state index in [1.54, 1.807) is 0 Å². The van der Waals surface area contributed by atoms with Crippen molar-refractivity contribution >= 4 is 11.6 Å². The molecule has 0 saturated carbocycles. The lowest BCUT2D eigenvalue weighted by atomic mass is 9.93. The van der Waals surface area contributed by atoms with Crippen LogP contribution in [0.1, 0.15) is 34.6 Å². The van der Waals surface area contributed by atoms with E-state index >= 15 is 0 Å². The Morgan fingerprint density at radius 2 is 1.89 bits per heavy atom. The largest absolute Gasteiger partial charge is 0.315 e. The van der Waals surface area contributed by atoms with Gasteiger partial charge in [-0.15, -0.1) is 0 Å². The predicted molar refractivity (Wildman–Crippen MR) is 146 cm³/mol. The molecule has 0 saturated heterocycles. The maximum Gasteiger partial charge on any atom is 0.235 e. The molecule has 5 rings (SSSR count). The van der Waals surface area contributed by atoms with Crippen LogP contribution in [0.15, 0.2) is 85.2 Å². The number of fused-ring (bicyclic) bond motifs is 1. The average molecular weight is 490 g/mol. The number of anilines is 1. The summed E-state index contributed by atoms with van der Waals surface area (Å²) in [6, 6.07) is 26.3. The molecule has 186 valence electrons. The van der Waals surface area contributed by atoms with Gasteiger partial charge in [-0.3, -0.25) is 9.48 Å². The number of hydrogen-bond donors (Lipinski definition) is 1. The molecule has 1 amide bonds. The van der Waals surface area contributed by atoms with Gasteiger partial charge in [0.15, 0.2) is 0 Å². The van der Waals surface area contributed by atoms with Gasteiger partial charge in [-0.25, -0.2) is 0 Å². The topological polar surface area (TPSA) is 74.0 Å². The first-order valence-electron chi connectivity index (χ1n) is 12.8. The molecule has 6 heteroatoms. The van der Waals surface area contributed by atoms with E-state index in [2.05, 4.69) is 34.7 Å². The summed E-state index contributed by atoms with van der Waals surface area (Å²) in [6.45, 7) is 2.05. The molecule has 1 N–H and O–H groups in total. The third-order valence-electron chi connectivity index (χ3n) is 7.02. The van der Waals surface area contributed by atoms with Crippen molar-refractivity contribution in [3.63, 3.8) is 0 Å². The summed E-state index contributed by atoms with van der Waals surface area (Å²) in [5.41, 5.74) is 7.30. The van der Waals surface area contributed by atoms with Gasteiger partial charge in [0, 0.05) is 37.6 Å². The summed E-state index contributed by atoms with van der Waals surface area (Å²) in [5, 5.41) is 16.8.